The Hall–Kier alpha value is -2.60. The van der Waals surface area contributed by atoms with Crippen molar-refractivity contribution in [1.82, 2.24) is 5.32 Å². The summed E-state index contributed by atoms with van der Waals surface area (Å²) in [6.45, 7) is 0.212. The number of rotatable bonds is 4. The van der Waals surface area contributed by atoms with E-state index in [1.54, 1.807) is 24.3 Å². The van der Waals surface area contributed by atoms with Crippen LogP contribution in [0.25, 0.3) is 0 Å². The Bertz CT molecular complexity index is 720. The maximum atomic E-state index is 13.6. The van der Waals surface area contributed by atoms with Crippen molar-refractivity contribution in [3.8, 4) is 0 Å². The summed E-state index contributed by atoms with van der Waals surface area (Å²) in [4.78, 5) is 23.0. The average Bonchev–Trinajstić information content (AvgIpc) is 2.56. The first kappa shape index (κ1) is 16.8. The predicted octanol–water partition coefficient (Wildman–Crippen LogP) is 3.59. The summed E-state index contributed by atoms with van der Waals surface area (Å²) in [7, 11) is 1.27. The second kappa shape index (κ2) is 7.60. The minimum absolute atomic E-state index is 0.110. The second-order valence-electron chi connectivity index (χ2n) is 4.62. The molecule has 5 nitrogen and oxygen atoms in total. The Morgan fingerprint density at radius 3 is 2.52 bits per heavy atom. The first-order valence-electron chi connectivity index (χ1n) is 6.67. The Morgan fingerprint density at radius 1 is 1.17 bits per heavy atom. The number of carbonyl (C=O) groups excluding carboxylic acids is 2. The minimum atomic E-state index is -0.635. The summed E-state index contributed by atoms with van der Waals surface area (Å²) in [5.74, 6) is -1.19. The van der Waals surface area contributed by atoms with Crippen LogP contribution in [-0.4, -0.2) is 19.1 Å². The number of hydrogen-bond donors (Lipinski definition) is 2. The van der Waals surface area contributed by atoms with Crippen molar-refractivity contribution in [1.29, 1.82) is 0 Å². The molecule has 0 aliphatic carbocycles. The molecule has 2 aromatic carbocycles. The van der Waals surface area contributed by atoms with Gasteiger partial charge in [0.2, 0.25) is 0 Å². The highest BCUT2D eigenvalue weighted by molar-refractivity contribution is 6.31. The molecule has 0 saturated heterocycles. The molecular weight excluding hydrogens is 323 g/mol. The predicted molar refractivity (Wildman–Crippen MR) is 85.0 cm³/mol. The van der Waals surface area contributed by atoms with Crippen molar-refractivity contribution in [3.05, 3.63) is 64.4 Å². The summed E-state index contributed by atoms with van der Waals surface area (Å²) in [6.07, 6.45) is -0.567. The van der Waals surface area contributed by atoms with Crippen LogP contribution in [0, 0.1) is 5.82 Å². The van der Waals surface area contributed by atoms with Gasteiger partial charge in [-0.3, -0.25) is 10.1 Å². The third-order valence-electron chi connectivity index (χ3n) is 3.01. The van der Waals surface area contributed by atoms with E-state index in [1.807, 2.05) is 0 Å². The molecule has 23 heavy (non-hydrogen) atoms. The van der Waals surface area contributed by atoms with Gasteiger partial charge in [-0.2, -0.15) is 0 Å². The van der Waals surface area contributed by atoms with E-state index in [-0.39, 0.29) is 17.1 Å². The van der Waals surface area contributed by atoms with E-state index in [0.717, 1.165) is 11.6 Å². The third-order valence-corrected chi connectivity index (χ3v) is 3.25. The van der Waals surface area contributed by atoms with Crippen LogP contribution in [0.2, 0.25) is 5.02 Å². The van der Waals surface area contributed by atoms with Crippen LogP contribution in [0.1, 0.15) is 15.9 Å². The first-order chi connectivity index (χ1) is 11.0. The van der Waals surface area contributed by atoms with Crippen LogP contribution in [-0.2, 0) is 11.3 Å². The number of halogens is 2. The van der Waals surface area contributed by atoms with E-state index in [0.29, 0.717) is 5.69 Å². The van der Waals surface area contributed by atoms with E-state index in [1.165, 1.54) is 19.2 Å². The van der Waals surface area contributed by atoms with Crippen molar-refractivity contribution in [2.24, 2.45) is 0 Å². The summed E-state index contributed by atoms with van der Waals surface area (Å²) in [5, 5.41) is 5.40. The normalized spacial score (nSPS) is 10.0. The molecule has 0 fully saturated rings. The lowest BCUT2D eigenvalue weighted by molar-refractivity contribution is 0.0947. The molecule has 0 unspecified atom stereocenters. The second-order valence-corrected chi connectivity index (χ2v) is 5.06. The quantitative estimate of drug-likeness (QED) is 0.896. The van der Waals surface area contributed by atoms with Crippen molar-refractivity contribution in [2.75, 3.05) is 12.4 Å². The fourth-order valence-electron chi connectivity index (χ4n) is 1.82. The molecule has 2 amide bonds. The van der Waals surface area contributed by atoms with Crippen molar-refractivity contribution >= 4 is 29.3 Å². The molecular formula is C16H14ClFN2O3. The third kappa shape index (κ3) is 4.69. The van der Waals surface area contributed by atoms with Gasteiger partial charge in [-0.1, -0.05) is 23.7 Å². The van der Waals surface area contributed by atoms with Gasteiger partial charge in [0.1, 0.15) is 5.82 Å². The minimum Gasteiger partial charge on any atom is -0.453 e. The molecule has 7 heteroatoms. The number of amides is 2. The van der Waals surface area contributed by atoms with Gasteiger partial charge in [-0.15, -0.1) is 0 Å². The molecule has 2 aromatic rings. The van der Waals surface area contributed by atoms with Crippen LogP contribution in [0.3, 0.4) is 0 Å². The lowest BCUT2D eigenvalue weighted by Gasteiger charge is -2.08. The maximum absolute atomic E-state index is 13.6. The lowest BCUT2D eigenvalue weighted by Crippen LogP contribution is -2.23. The molecule has 0 bridgehead atoms. The zero-order chi connectivity index (χ0) is 16.8. The molecule has 0 radical (unpaired) electrons. The van der Waals surface area contributed by atoms with Gasteiger partial charge in [0, 0.05) is 17.3 Å². The molecule has 2 rings (SSSR count). The fraction of sp³-hybridized carbons (Fsp3) is 0.125. The van der Waals surface area contributed by atoms with Crippen molar-refractivity contribution in [3.63, 3.8) is 0 Å². The maximum Gasteiger partial charge on any atom is 0.411 e. The van der Waals surface area contributed by atoms with Crippen LogP contribution in [0.15, 0.2) is 42.5 Å². The zero-order valence-corrected chi connectivity index (χ0v) is 13.0. The smallest absolute Gasteiger partial charge is 0.411 e. The van der Waals surface area contributed by atoms with Gasteiger partial charge in [-0.25, -0.2) is 9.18 Å². The Balaban J connectivity index is 1.96. The van der Waals surface area contributed by atoms with Crippen molar-refractivity contribution in [2.45, 2.75) is 6.54 Å². The zero-order valence-electron chi connectivity index (χ0n) is 12.2. The van der Waals surface area contributed by atoms with E-state index in [2.05, 4.69) is 15.4 Å². The number of benzene rings is 2. The van der Waals surface area contributed by atoms with E-state index in [9.17, 15) is 14.0 Å². The van der Waals surface area contributed by atoms with Gasteiger partial charge < -0.3 is 10.1 Å². The Labute approximate surface area is 137 Å². The highest BCUT2D eigenvalue weighted by Gasteiger charge is 2.12. The molecule has 0 saturated carbocycles. The topological polar surface area (TPSA) is 67.4 Å². The van der Waals surface area contributed by atoms with Gasteiger partial charge in [0.25, 0.3) is 5.91 Å². The van der Waals surface area contributed by atoms with Gasteiger partial charge >= 0.3 is 6.09 Å². The molecule has 0 spiro atoms. The monoisotopic (exact) mass is 336 g/mol. The van der Waals surface area contributed by atoms with Crippen LogP contribution in [0.5, 0.6) is 0 Å². The number of nitrogens with one attached hydrogen (secondary N) is 2. The Morgan fingerprint density at radius 2 is 1.87 bits per heavy atom. The van der Waals surface area contributed by atoms with Gasteiger partial charge in [0.05, 0.1) is 12.7 Å². The molecule has 0 atom stereocenters. The summed E-state index contributed by atoms with van der Waals surface area (Å²) in [5.41, 5.74) is 1.24. The van der Waals surface area contributed by atoms with E-state index >= 15 is 0 Å². The average molecular weight is 337 g/mol. The lowest BCUT2D eigenvalue weighted by atomic mass is 10.1. The Kier molecular flexibility index (Phi) is 5.54. The molecule has 2 N–H and O–H groups in total. The number of ether oxygens (including phenoxy) is 1. The molecule has 0 aliphatic heterocycles. The first-order valence-corrected chi connectivity index (χ1v) is 7.04. The van der Waals surface area contributed by atoms with Crippen molar-refractivity contribution < 1.29 is 18.7 Å². The molecule has 120 valence electrons. The highest BCUT2D eigenvalue weighted by atomic mass is 35.5. The highest BCUT2D eigenvalue weighted by Crippen LogP contribution is 2.15. The fourth-order valence-corrected chi connectivity index (χ4v) is 2.00. The number of anilines is 1. The van der Waals surface area contributed by atoms with Gasteiger partial charge in [0.15, 0.2) is 0 Å². The van der Waals surface area contributed by atoms with Crippen LogP contribution in [0.4, 0.5) is 14.9 Å². The molecule has 0 aliphatic rings. The SMILES string of the molecule is COC(=O)Nc1ccc(CNC(=O)c2cc(Cl)ccc2F)cc1. The summed E-state index contributed by atoms with van der Waals surface area (Å²) in [6, 6.07) is 10.6. The van der Waals surface area contributed by atoms with E-state index in [4.69, 9.17) is 11.6 Å². The van der Waals surface area contributed by atoms with E-state index < -0.39 is 17.8 Å². The standard InChI is InChI=1S/C16H14ClFN2O3/c1-23-16(22)20-12-5-2-10(3-6-12)9-19-15(21)13-8-11(17)4-7-14(13)18/h2-8H,9H2,1H3,(H,19,21)(H,20,22). The van der Waals surface area contributed by atoms with Crippen LogP contribution < -0.4 is 10.6 Å². The molecule has 0 aromatic heterocycles. The van der Waals surface area contributed by atoms with Gasteiger partial charge in [-0.05, 0) is 35.9 Å². The number of carbonyl (C=O) groups is 2. The van der Waals surface area contributed by atoms with Crippen LogP contribution >= 0.6 is 11.6 Å². The summed E-state index contributed by atoms with van der Waals surface area (Å²) < 4.78 is 18.1. The molecule has 0 heterocycles. The number of hydrogen-bond acceptors (Lipinski definition) is 3. The largest absolute Gasteiger partial charge is 0.453 e. The number of methoxy groups -OCH3 is 1. The summed E-state index contributed by atoms with van der Waals surface area (Å²) >= 11 is 5.76.